The molecule has 5 nitrogen and oxygen atoms in total. The molecule has 0 aliphatic rings. The van der Waals surface area contributed by atoms with Crippen molar-refractivity contribution in [2.24, 2.45) is 0 Å². The Labute approximate surface area is 136 Å². The zero-order valence-electron chi connectivity index (χ0n) is 14.1. The molecule has 2 aromatic rings. The number of carbonyl (C=O) groups is 1. The molecule has 0 aliphatic carbocycles. The van der Waals surface area contributed by atoms with Crippen LogP contribution in [-0.2, 0) is 0 Å². The maximum atomic E-state index is 12.4. The molecule has 0 radical (unpaired) electrons. The fraction of sp³-hybridized carbons (Fsp3) is 0.278. The average Bonchev–Trinajstić information content (AvgIpc) is 2.55. The van der Waals surface area contributed by atoms with Crippen LogP contribution in [-0.4, -0.2) is 34.2 Å². The fourth-order valence-electron chi connectivity index (χ4n) is 2.36. The van der Waals surface area contributed by atoms with Gasteiger partial charge in [-0.15, -0.1) is 0 Å². The zero-order valence-corrected chi connectivity index (χ0v) is 14.1. The van der Waals surface area contributed by atoms with Crippen LogP contribution in [0.15, 0.2) is 36.4 Å². The Kier molecular flexibility index (Phi) is 5.11. The van der Waals surface area contributed by atoms with Gasteiger partial charge >= 0.3 is 0 Å². The van der Waals surface area contributed by atoms with Crippen molar-refractivity contribution < 1.29 is 14.3 Å². The first-order valence-electron chi connectivity index (χ1n) is 7.28. The molecule has 0 saturated carbocycles. The molecule has 23 heavy (non-hydrogen) atoms. The second-order valence-corrected chi connectivity index (χ2v) is 5.37. The van der Waals surface area contributed by atoms with Crippen LogP contribution in [0.3, 0.4) is 0 Å². The highest BCUT2D eigenvalue weighted by molar-refractivity contribution is 6.05. The van der Waals surface area contributed by atoms with Gasteiger partial charge in [0.05, 0.1) is 19.9 Å². The fourth-order valence-corrected chi connectivity index (χ4v) is 2.36. The molecule has 0 unspecified atom stereocenters. The monoisotopic (exact) mass is 314 g/mol. The molecule has 2 aromatic carbocycles. The van der Waals surface area contributed by atoms with Crippen molar-refractivity contribution in [1.29, 1.82) is 0 Å². The lowest BCUT2D eigenvalue weighted by Gasteiger charge is -2.16. The number of methoxy groups -OCH3 is 2. The van der Waals surface area contributed by atoms with Crippen molar-refractivity contribution in [2.45, 2.75) is 6.92 Å². The molecule has 0 bridgehead atoms. The Morgan fingerprint density at radius 2 is 1.65 bits per heavy atom. The number of rotatable bonds is 5. The van der Waals surface area contributed by atoms with Gasteiger partial charge in [-0.2, -0.15) is 0 Å². The first-order chi connectivity index (χ1) is 11.0. The van der Waals surface area contributed by atoms with Gasteiger partial charge in [-0.05, 0) is 43.3 Å². The minimum Gasteiger partial charge on any atom is -0.496 e. The summed E-state index contributed by atoms with van der Waals surface area (Å²) in [6.45, 7) is 1.89. The second kappa shape index (κ2) is 7.05. The van der Waals surface area contributed by atoms with Crippen molar-refractivity contribution in [1.82, 2.24) is 0 Å². The molecule has 0 saturated heterocycles. The smallest absolute Gasteiger partial charge is 0.255 e. The lowest BCUT2D eigenvalue weighted by Crippen LogP contribution is -2.14. The van der Waals surface area contributed by atoms with E-state index in [1.165, 1.54) is 0 Å². The number of amides is 1. The average molecular weight is 314 g/mol. The van der Waals surface area contributed by atoms with Crippen molar-refractivity contribution in [3.8, 4) is 11.5 Å². The third-order valence-corrected chi connectivity index (χ3v) is 3.67. The normalized spacial score (nSPS) is 10.1. The molecule has 0 heterocycles. The van der Waals surface area contributed by atoms with Crippen LogP contribution in [0, 0.1) is 6.92 Å². The minimum atomic E-state index is -0.182. The van der Waals surface area contributed by atoms with Crippen molar-refractivity contribution in [2.75, 3.05) is 38.5 Å². The predicted octanol–water partition coefficient (Wildman–Crippen LogP) is 3.33. The number of ether oxygens (including phenoxy) is 2. The standard InChI is InChI=1S/C18H22N2O3/c1-12-16(22-4)11-10-15(17(12)23-5)19-18(21)13-6-8-14(9-7-13)20(2)3/h6-11H,1-5H3,(H,19,21). The summed E-state index contributed by atoms with van der Waals surface area (Å²) in [5, 5.41) is 2.89. The third kappa shape index (κ3) is 3.56. The summed E-state index contributed by atoms with van der Waals surface area (Å²) in [5.74, 6) is 1.14. The van der Waals surface area contributed by atoms with Gasteiger partial charge in [0.2, 0.25) is 0 Å². The Bertz CT molecular complexity index is 694. The second-order valence-electron chi connectivity index (χ2n) is 5.37. The van der Waals surface area contributed by atoms with E-state index in [4.69, 9.17) is 9.47 Å². The maximum Gasteiger partial charge on any atom is 0.255 e. The van der Waals surface area contributed by atoms with Crippen LogP contribution in [0.4, 0.5) is 11.4 Å². The highest BCUT2D eigenvalue weighted by Gasteiger charge is 2.14. The SMILES string of the molecule is COc1ccc(NC(=O)c2ccc(N(C)C)cc2)c(OC)c1C. The number of benzene rings is 2. The molecule has 0 atom stereocenters. The molecule has 0 aromatic heterocycles. The molecule has 5 heteroatoms. The van der Waals surface area contributed by atoms with E-state index in [-0.39, 0.29) is 5.91 Å². The number of anilines is 2. The number of nitrogens with zero attached hydrogens (tertiary/aromatic N) is 1. The number of nitrogens with one attached hydrogen (secondary N) is 1. The van der Waals surface area contributed by atoms with Crippen LogP contribution in [0.25, 0.3) is 0 Å². The Morgan fingerprint density at radius 3 is 2.17 bits per heavy atom. The summed E-state index contributed by atoms with van der Waals surface area (Å²) in [5.41, 5.74) is 3.09. The van der Waals surface area contributed by atoms with Gasteiger partial charge in [0.1, 0.15) is 11.5 Å². The molecule has 1 amide bonds. The molecule has 2 rings (SSSR count). The van der Waals surface area contributed by atoms with Crippen LogP contribution >= 0.6 is 0 Å². The Balaban J connectivity index is 2.24. The van der Waals surface area contributed by atoms with E-state index < -0.39 is 0 Å². The van der Waals surface area contributed by atoms with E-state index >= 15 is 0 Å². The lowest BCUT2D eigenvalue weighted by molar-refractivity contribution is 0.102. The van der Waals surface area contributed by atoms with Gasteiger partial charge in [-0.3, -0.25) is 4.79 Å². The van der Waals surface area contributed by atoms with Crippen LogP contribution in [0.1, 0.15) is 15.9 Å². The van der Waals surface area contributed by atoms with E-state index in [2.05, 4.69) is 5.32 Å². The van der Waals surface area contributed by atoms with Gasteiger partial charge in [0, 0.05) is 30.9 Å². The van der Waals surface area contributed by atoms with Crippen molar-refractivity contribution in [3.63, 3.8) is 0 Å². The first kappa shape index (κ1) is 16.7. The summed E-state index contributed by atoms with van der Waals surface area (Å²) in [6, 6.07) is 11.0. The van der Waals surface area contributed by atoms with E-state index in [1.807, 2.05) is 44.1 Å². The van der Waals surface area contributed by atoms with Crippen molar-refractivity contribution >= 4 is 17.3 Å². The third-order valence-electron chi connectivity index (χ3n) is 3.67. The van der Waals surface area contributed by atoms with Gasteiger partial charge < -0.3 is 19.7 Å². The molecule has 0 fully saturated rings. The summed E-state index contributed by atoms with van der Waals surface area (Å²) >= 11 is 0. The number of carbonyl (C=O) groups excluding carboxylic acids is 1. The minimum absolute atomic E-state index is 0.182. The van der Waals surface area contributed by atoms with E-state index in [0.717, 1.165) is 17.0 Å². The zero-order chi connectivity index (χ0) is 17.0. The van der Waals surface area contributed by atoms with Gasteiger partial charge in [-0.1, -0.05) is 0 Å². The van der Waals surface area contributed by atoms with Crippen molar-refractivity contribution in [3.05, 3.63) is 47.5 Å². The molecule has 0 aliphatic heterocycles. The molecule has 1 N–H and O–H groups in total. The first-order valence-corrected chi connectivity index (χ1v) is 7.28. The topological polar surface area (TPSA) is 50.8 Å². The molecular formula is C18H22N2O3. The van der Waals surface area contributed by atoms with E-state index in [9.17, 15) is 4.79 Å². The quantitative estimate of drug-likeness (QED) is 0.920. The molecule has 0 spiro atoms. The number of hydrogen-bond donors (Lipinski definition) is 1. The lowest BCUT2D eigenvalue weighted by atomic mass is 10.1. The summed E-state index contributed by atoms with van der Waals surface area (Å²) in [4.78, 5) is 14.4. The van der Waals surface area contributed by atoms with E-state index in [1.54, 1.807) is 32.4 Å². The van der Waals surface area contributed by atoms with Gasteiger partial charge in [0.15, 0.2) is 0 Å². The Hall–Kier alpha value is -2.69. The Morgan fingerprint density at radius 1 is 1.00 bits per heavy atom. The number of hydrogen-bond acceptors (Lipinski definition) is 4. The maximum absolute atomic E-state index is 12.4. The summed E-state index contributed by atoms with van der Waals surface area (Å²) in [6.07, 6.45) is 0. The van der Waals surface area contributed by atoms with Crippen LogP contribution in [0.2, 0.25) is 0 Å². The van der Waals surface area contributed by atoms with Crippen LogP contribution in [0.5, 0.6) is 11.5 Å². The van der Waals surface area contributed by atoms with Gasteiger partial charge in [-0.25, -0.2) is 0 Å². The van der Waals surface area contributed by atoms with Crippen LogP contribution < -0.4 is 19.7 Å². The molecule has 122 valence electrons. The largest absolute Gasteiger partial charge is 0.496 e. The summed E-state index contributed by atoms with van der Waals surface area (Å²) < 4.78 is 10.7. The van der Waals surface area contributed by atoms with Gasteiger partial charge in [0.25, 0.3) is 5.91 Å². The summed E-state index contributed by atoms with van der Waals surface area (Å²) in [7, 11) is 7.09. The highest BCUT2D eigenvalue weighted by Crippen LogP contribution is 2.35. The predicted molar refractivity (Wildman–Crippen MR) is 93.0 cm³/mol. The highest BCUT2D eigenvalue weighted by atomic mass is 16.5. The molecular weight excluding hydrogens is 292 g/mol. The van der Waals surface area contributed by atoms with E-state index in [0.29, 0.717) is 17.0 Å².